The van der Waals surface area contributed by atoms with E-state index >= 15 is 0 Å². The van der Waals surface area contributed by atoms with Crippen molar-refractivity contribution in [1.29, 1.82) is 0 Å². The summed E-state index contributed by atoms with van der Waals surface area (Å²) in [5.41, 5.74) is 5.58. The van der Waals surface area contributed by atoms with Crippen LogP contribution in [0.4, 0.5) is 13.2 Å². The third kappa shape index (κ3) is 3.21. The smallest absolute Gasteiger partial charge is 0.422 e. The molecule has 6 heteroatoms. The van der Waals surface area contributed by atoms with Crippen molar-refractivity contribution in [3.8, 4) is 5.75 Å². The molecule has 0 amide bonds. The van der Waals surface area contributed by atoms with Crippen LogP contribution in [0.3, 0.4) is 0 Å². The van der Waals surface area contributed by atoms with E-state index in [-0.39, 0.29) is 12.3 Å². The van der Waals surface area contributed by atoms with Gasteiger partial charge in [0.05, 0.1) is 5.69 Å². The largest absolute Gasteiger partial charge is 0.482 e. The summed E-state index contributed by atoms with van der Waals surface area (Å²) in [6.07, 6.45) is -2.90. The van der Waals surface area contributed by atoms with Crippen molar-refractivity contribution in [1.82, 2.24) is 4.98 Å². The van der Waals surface area contributed by atoms with Gasteiger partial charge in [-0.3, -0.25) is 4.98 Å². The van der Waals surface area contributed by atoms with Gasteiger partial charge in [-0.25, -0.2) is 0 Å². The highest BCUT2D eigenvalue weighted by Crippen LogP contribution is 2.20. The van der Waals surface area contributed by atoms with Crippen molar-refractivity contribution < 1.29 is 17.9 Å². The van der Waals surface area contributed by atoms with Crippen LogP contribution in [0.15, 0.2) is 18.3 Å². The molecule has 0 bridgehead atoms. The van der Waals surface area contributed by atoms with Crippen molar-refractivity contribution in [3.05, 3.63) is 24.0 Å². The molecule has 0 unspecified atom stereocenters. The van der Waals surface area contributed by atoms with Gasteiger partial charge >= 0.3 is 6.18 Å². The van der Waals surface area contributed by atoms with E-state index in [1.54, 1.807) is 0 Å². The maximum absolute atomic E-state index is 11.8. The molecule has 0 aliphatic heterocycles. The lowest BCUT2D eigenvalue weighted by molar-refractivity contribution is -0.153. The van der Waals surface area contributed by atoms with Gasteiger partial charge in [0, 0.05) is 12.7 Å². The van der Waals surface area contributed by atoms with E-state index < -0.39 is 12.8 Å². The Labute approximate surface area is 78.7 Å². The zero-order valence-corrected chi connectivity index (χ0v) is 7.21. The molecule has 0 atom stereocenters. The lowest BCUT2D eigenvalue weighted by atomic mass is 10.3. The molecule has 0 aromatic carbocycles. The van der Waals surface area contributed by atoms with Crippen LogP contribution < -0.4 is 10.5 Å². The maximum Gasteiger partial charge on any atom is 0.422 e. The summed E-state index contributed by atoms with van der Waals surface area (Å²) >= 11 is 0. The van der Waals surface area contributed by atoms with Crippen molar-refractivity contribution >= 4 is 0 Å². The van der Waals surface area contributed by atoms with Gasteiger partial charge in [0.1, 0.15) is 5.75 Å². The molecule has 3 nitrogen and oxygen atoms in total. The molecule has 1 heterocycles. The van der Waals surface area contributed by atoms with Gasteiger partial charge in [-0.15, -0.1) is 0 Å². The predicted molar refractivity (Wildman–Crippen MR) is 43.7 cm³/mol. The van der Waals surface area contributed by atoms with Crippen LogP contribution >= 0.6 is 0 Å². The molecular weight excluding hydrogens is 197 g/mol. The van der Waals surface area contributed by atoms with Crippen molar-refractivity contribution in [2.24, 2.45) is 5.73 Å². The first-order chi connectivity index (χ1) is 6.53. The third-order valence-corrected chi connectivity index (χ3v) is 1.43. The standard InChI is InChI=1S/C8H9F3N2O/c9-8(10,11)5-14-7-2-1-3-13-6(7)4-12/h1-3H,4-5,12H2. The van der Waals surface area contributed by atoms with Gasteiger partial charge in [0.15, 0.2) is 6.61 Å². The SMILES string of the molecule is NCc1ncccc1OCC(F)(F)F. The Balaban J connectivity index is 2.67. The second kappa shape index (κ2) is 4.28. The Bertz CT molecular complexity index is 301. The summed E-state index contributed by atoms with van der Waals surface area (Å²) in [6.45, 7) is -1.28. The maximum atomic E-state index is 11.8. The Hall–Kier alpha value is -1.30. The summed E-state index contributed by atoms with van der Waals surface area (Å²) in [5, 5.41) is 0. The van der Waals surface area contributed by atoms with Crippen LogP contribution in [0.1, 0.15) is 5.69 Å². The van der Waals surface area contributed by atoms with Gasteiger partial charge in [0.25, 0.3) is 0 Å². The van der Waals surface area contributed by atoms with Gasteiger partial charge in [-0.05, 0) is 12.1 Å². The van der Waals surface area contributed by atoms with Crippen LogP contribution in [0.25, 0.3) is 0 Å². The monoisotopic (exact) mass is 206 g/mol. The molecule has 1 aromatic heterocycles. The van der Waals surface area contributed by atoms with Crippen LogP contribution in [0, 0.1) is 0 Å². The first-order valence-corrected chi connectivity index (χ1v) is 3.86. The van der Waals surface area contributed by atoms with Gasteiger partial charge < -0.3 is 10.5 Å². The number of ether oxygens (including phenoxy) is 1. The third-order valence-electron chi connectivity index (χ3n) is 1.43. The number of nitrogens with zero attached hydrogens (tertiary/aromatic N) is 1. The van der Waals surface area contributed by atoms with Crippen LogP contribution in [0.5, 0.6) is 5.75 Å². The summed E-state index contributed by atoms with van der Waals surface area (Å²) in [4.78, 5) is 3.78. The molecule has 78 valence electrons. The molecule has 0 aliphatic carbocycles. The fourth-order valence-electron chi connectivity index (χ4n) is 0.868. The van der Waals surface area contributed by atoms with E-state index in [0.29, 0.717) is 5.69 Å². The minimum Gasteiger partial charge on any atom is -0.482 e. The lowest BCUT2D eigenvalue weighted by Crippen LogP contribution is -2.20. The number of hydrogen-bond acceptors (Lipinski definition) is 3. The fourth-order valence-corrected chi connectivity index (χ4v) is 0.868. The molecule has 0 saturated heterocycles. The Morgan fingerprint density at radius 1 is 1.43 bits per heavy atom. The predicted octanol–water partition coefficient (Wildman–Crippen LogP) is 1.48. The van der Waals surface area contributed by atoms with Crippen LogP contribution in [0.2, 0.25) is 0 Å². The number of rotatable bonds is 3. The molecular formula is C8H9F3N2O. The average Bonchev–Trinajstić information content (AvgIpc) is 2.14. The molecule has 0 saturated carbocycles. The molecule has 1 rings (SSSR count). The first kappa shape index (κ1) is 10.8. The van der Waals surface area contributed by atoms with Gasteiger partial charge in [-0.1, -0.05) is 0 Å². The number of halogens is 3. The molecule has 1 aromatic rings. The molecule has 0 radical (unpaired) electrons. The second-order valence-electron chi connectivity index (χ2n) is 2.56. The van der Waals surface area contributed by atoms with Gasteiger partial charge in [0.2, 0.25) is 0 Å². The lowest BCUT2D eigenvalue weighted by Gasteiger charge is -2.10. The van der Waals surface area contributed by atoms with Crippen LogP contribution in [-0.4, -0.2) is 17.8 Å². The number of aromatic nitrogens is 1. The number of hydrogen-bond donors (Lipinski definition) is 1. The first-order valence-electron chi connectivity index (χ1n) is 3.86. The van der Waals surface area contributed by atoms with Crippen molar-refractivity contribution in [3.63, 3.8) is 0 Å². The van der Waals surface area contributed by atoms with E-state index in [1.165, 1.54) is 18.3 Å². The zero-order chi connectivity index (χ0) is 10.6. The minimum absolute atomic E-state index is 0.0496. The summed E-state index contributed by atoms with van der Waals surface area (Å²) in [5.74, 6) is 0.0762. The number of alkyl halides is 3. The Kier molecular flexibility index (Phi) is 3.29. The Morgan fingerprint density at radius 3 is 2.71 bits per heavy atom. The molecule has 0 spiro atoms. The minimum atomic E-state index is -4.35. The quantitative estimate of drug-likeness (QED) is 0.814. The van der Waals surface area contributed by atoms with E-state index in [9.17, 15) is 13.2 Å². The highest BCUT2D eigenvalue weighted by Gasteiger charge is 2.28. The number of pyridine rings is 1. The topological polar surface area (TPSA) is 48.1 Å². The molecule has 14 heavy (non-hydrogen) atoms. The normalized spacial score (nSPS) is 11.4. The molecule has 2 N–H and O–H groups in total. The highest BCUT2D eigenvalue weighted by atomic mass is 19.4. The summed E-state index contributed by atoms with van der Waals surface area (Å²) in [6, 6.07) is 2.89. The zero-order valence-electron chi connectivity index (χ0n) is 7.21. The van der Waals surface area contributed by atoms with E-state index in [0.717, 1.165) is 0 Å². The van der Waals surface area contributed by atoms with Crippen molar-refractivity contribution in [2.45, 2.75) is 12.7 Å². The molecule has 0 aliphatic rings. The van der Waals surface area contributed by atoms with E-state index in [1.807, 2.05) is 0 Å². The van der Waals surface area contributed by atoms with Crippen molar-refractivity contribution in [2.75, 3.05) is 6.61 Å². The second-order valence-corrected chi connectivity index (χ2v) is 2.56. The number of nitrogens with two attached hydrogens (primary N) is 1. The van der Waals surface area contributed by atoms with Crippen LogP contribution in [-0.2, 0) is 6.54 Å². The fraction of sp³-hybridized carbons (Fsp3) is 0.375. The summed E-state index contributed by atoms with van der Waals surface area (Å²) < 4.78 is 39.9. The molecule has 0 fully saturated rings. The van der Waals surface area contributed by atoms with E-state index in [2.05, 4.69) is 9.72 Å². The van der Waals surface area contributed by atoms with E-state index in [4.69, 9.17) is 5.73 Å². The highest BCUT2D eigenvalue weighted by molar-refractivity contribution is 5.26. The average molecular weight is 206 g/mol. The Morgan fingerprint density at radius 2 is 2.14 bits per heavy atom. The van der Waals surface area contributed by atoms with Gasteiger partial charge in [-0.2, -0.15) is 13.2 Å². The summed E-state index contributed by atoms with van der Waals surface area (Å²) in [7, 11) is 0.